The van der Waals surface area contributed by atoms with Gasteiger partial charge in [-0.3, -0.25) is 14.9 Å². The lowest BCUT2D eigenvalue weighted by Gasteiger charge is -2.34. The molecule has 1 amide bonds. The molecule has 7 nitrogen and oxygen atoms in total. The molecule has 31 heavy (non-hydrogen) atoms. The van der Waals surface area contributed by atoms with Crippen LogP contribution in [0.15, 0.2) is 73.7 Å². The number of rotatable bonds is 3. The zero-order chi connectivity index (χ0) is 21.7. The summed E-state index contributed by atoms with van der Waals surface area (Å²) in [7, 11) is 0. The van der Waals surface area contributed by atoms with E-state index >= 15 is 0 Å². The molecule has 0 saturated heterocycles. The summed E-state index contributed by atoms with van der Waals surface area (Å²) in [5.41, 5.74) is 0.800. The standard InChI is InChI=1S/C23H16BrNO6/c1-2-29-20-18(26)16-15(11-7-9-12(24)10-8-11)17-19(31-22(16)25-21(20)27)13-5-3-4-6-14(13)30-23(17)28/h3-10,15,20H,2H2,1H3,(H,25,27)/t15-,20+/m1/s1. The smallest absolute Gasteiger partial charge is 0.344 e. The summed E-state index contributed by atoms with van der Waals surface area (Å²) < 4.78 is 17.8. The van der Waals surface area contributed by atoms with Crippen LogP contribution in [-0.4, -0.2) is 24.4 Å². The maximum absolute atomic E-state index is 13.3. The Labute approximate surface area is 184 Å². The molecule has 2 aliphatic heterocycles. The molecule has 0 spiro atoms. The van der Waals surface area contributed by atoms with E-state index in [0.29, 0.717) is 16.5 Å². The van der Waals surface area contributed by atoms with Gasteiger partial charge in [0.2, 0.25) is 11.7 Å². The van der Waals surface area contributed by atoms with Crippen LogP contribution in [0.3, 0.4) is 0 Å². The molecular formula is C23H16BrNO6. The third-order valence-corrected chi connectivity index (χ3v) is 5.87. The van der Waals surface area contributed by atoms with Crippen molar-refractivity contribution >= 4 is 38.6 Å². The first-order chi connectivity index (χ1) is 15.0. The lowest BCUT2D eigenvalue weighted by molar-refractivity contribution is -0.143. The van der Waals surface area contributed by atoms with Crippen molar-refractivity contribution in [1.82, 2.24) is 5.32 Å². The summed E-state index contributed by atoms with van der Waals surface area (Å²) in [6.07, 6.45) is -1.31. The number of benzene rings is 2. The molecule has 5 rings (SSSR count). The minimum Gasteiger partial charge on any atom is -0.439 e. The van der Waals surface area contributed by atoms with Gasteiger partial charge >= 0.3 is 5.63 Å². The van der Waals surface area contributed by atoms with E-state index in [4.69, 9.17) is 13.9 Å². The van der Waals surface area contributed by atoms with Crippen LogP contribution in [0.5, 0.6) is 5.75 Å². The number of ether oxygens (including phenoxy) is 2. The molecule has 2 aromatic carbocycles. The Morgan fingerprint density at radius 3 is 2.55 bits per heavy atom. The highest BCUT2D eigenvalue weighted by molar-refractivity contribution is 9.10. The predicted octanol–water partition coefficient (Wildman–Crippen LogP) is 3.40. The second-order valence-corrected chi connectivity index (χ2v) is 8.06. The molecule has 0 saturated carbocycles. The number of hydrogen-bond acceptors (Lipinski definition) is 6. The van der Waals surface area contributed by atoms with Gasteiger partial charge in [-0.25, -0.2) is 4.79 Å². The number of carbonyl (C=O) groups excluding carboxylic acids is 2. The van der Waals surface area contributed by atoms with Crippen molar-refractivity contribution in [3.63, 3.8) is 0 Å². The molecule has 0 unspecified atom stereocenters. The Hall–Kier alpha value is -3.23. The molecule has 3 aromatic rings. The van der Waals surface area contributed by atoms with Gasteiger partial charge < -0.3 is 13.9 Å². The molecule has 0 aliphatic carbocycles. The summed E-state index contributed by atoms with van der Waals surface area (Å²) in [4.78, 5) is 38.9. The number of halogens is 1. The van der Waals surface area contributed by atoms with Crippen LogP contribution in [0.1, 0.15) is 24.0 Å². The van der Waals surface area contributed by atoms with Crippen molar-refractivity contribution in [3.05, 3.63) is 86.0 Å². The van der Waals surface area contributed by atoms with E-state index < -0.39 is 29.3 Å². The summed E-state index contributed by atoms with van der Waals surface area (Å²) in [5, 5.41) is 3.22. The highest BCUT2D eigenvalue weighted by atomic mass is 79.9. The van der Waals surface area contributed by atoms with Crippen LogP contribution >= 0.6 is 15.9 Å². The number of Topliss-reactive ketones (excluding diaryl/α,β-unsaturated/α-hetero) is 1. The van der Waals surface area contributed by atoms with E-state index in [1.54, 1.807) is 31.2 Å². The number of para-hydroxylation sites is 1. The van der Waals surface area contributed by atoms with E-state index in [-0.39, 0.29) is 29.4 Å². The van der Waals surface area contributed by atoms with Crippen LogP contribution in [0, 0.1) is 0 Å². The maximum Gasteiger partial charge on any atom is 0.344 e. The van der Waals surface area contributed by atoms with Gasteiger partial charge in [-0.1, -0.05) is 40.2 Å². The van der Waals surface area contributed by atoms with E-state index in [0.717, 1.165) is 4.47 Å². The molecule has 0 bridgehead atoms. The SMILES string of the molecule is CCO[C@@H]1C(=O)NC2=C(C1=O)[C@@H](c1ccc(Br)cc1)c1c(c3ccccc3oc1=O)O2. The number of nitrogens with one attached hydrogen (secondary N) is 1. The zero-order valence-electron chi connectivity index (χ0n) is 16.3. The van der Waals surface area contributed by atoms with Crippen LogP contribution in [-0.2, 0) is 14.3 Å². The fourth-order valence-electron chi connectivity index (χ4n) is 4.02. The maximum atomic E-state index is 13.3. The van der Waals surface area contributed by atoms with E-state index in [9.17, 15) is 14.4 Å². The highest BCUT2D eigenvalue weighted by Gasteiger charge is 2.46. The van der Waals surface area contributed by atoms with Gasteiger partial charge in [-0.2, -0.15) is 0 Å². The first-order valence-electron chi connectivity index (χ1n) is 9.69. The van der Waals surface area contributed by atoms with Crippen molar-refractivity contribution in [2.75, 3.05) is 6.61 Å². The van der Waals surface area contributed by atoms with Crippen LogP contribution in [0.25, 0.3) is 11.0 Å². The van der Waals surface area contributed by atoms with Gasteiger partial charge in [0.05, 0.1) is 22.4 Å². The molecule has 2 atom stereocenters. The highest BCUT2D eigenvalue weighted by Crippen LogP contribution is 2.45. The average Bonchev–Trinajstić information content (AvgIpc) is 2.76. The van der Waals surface area contributed by atoms with E-state index in [1.165, 1.54) is 0 Å². The Kier molecular flexibility index (Phi) is 4.75. The average molecular weight is 482 g/mol. The molecule has 8 heteroatoms. The van der Waals surface area contributed by atoms with Gasteiger partial charge in [0, 0.05) is 11.1 Å². The Morgan fingerprint density at radius 2 is 1.81 bits per heavy atom. The number of fused-ring (bicyclic) bond motifs is 3. The van der Waals surface area contributed by atoms with Gasteiger partial charge in [-0.15, -0.1) is 0 Å². The quantitative estimate of drug-likeness (QED) is 0.455. The normalized spacial score (nSPS) is 20.2. The van der Waals surface area contributed by atoms with Gasteiger partial charge in [-0.05, 0) is 36.8 Å². The monoisotopic (exact) mass is 481 g/mol. The summed E-state index contributed by atoms with van der Waals surface area (Å²) in [6.45, 7) is 1.88. The first-order valence-corrected chi connectivity index (χ1v) is 10.5. The van der Waals surface area contributed by atoms with E-state index in [1.807, 2.05) is 24.3 Å². The Bertz CT molecular complexity index is 1320. The molecule has 1 aromatic heterocycles. The second-order valence-electron chi connectivity index (χ2n) is 7.15. The summed E-state index contributed by atoms with van der Waals surface area (Å²) in [5.74, 6) is -1.64. The Morgan fingerprint density at radius 1 is 1.06 bits per heavy atom. The van der Waals surface area contributed by atoms with Crippen molar-refractivity contribution in [2.45, 2.75) is 18.9 Å². The molecule has 3 heterocycles. The van der Waals surface area contributed by atoms with Crippen LogP contribution in [0.4, 0.5) is 0 Å². The van der Waals surface area contributed by atoms with Crippen molar-refractivity contribution < 1.29 is 23.5 Å². The molecule has 0 fully saturated rings. The summed E-state index contributed by atoms with van der Waals surface area (Å²) in [6, 6.07) is 14.2. The largest absolute Gasteiger partial charge is 0.439 e. The molecule has 1 N–H and O–H groups in total. The van der Waals surface area contributed by atoms with Crippen molar-refractivity contribution in [1.29, 1.82) is 0 Å². The number of carbonyl (C=O) groups is 2. The minimum absolute atomic E-state index is 0.0159. The minimum atomic E-state index is -1.31. The Balaban J connectivity index is 1.81. The van der Waals surface area contributed by atoms with Gasteiger partial charge in [0.1, 0.15) is 5.58 Å². The number of amides is 1. The molecule has 156 valence electrons. The van der Waals surface area contributed by atoms with Gasteiger partial charge in [0.15, 0.2) is 11.9 Å². The zero-order valence-corrected chi connectivity index (χ0v) is 17.9. The molecule has 2 aliphatic rings. The lowest BCUT2D eigenvalue weighted by Crippen LogP contribution is -2.51. The van der Waals surface area contributed by atoms with Crippen LogP contribution in [0.2, 0.25) is 0 Å². The number of ketones is 1. The first kappa shape index (κ1) is 19.7. The van der Waals surface area contributed by atoms with Crippen LogP contribution < -0.4 is 15.7 Å². The fraction of sp³-hybridized carbons (Fsp3) is 0.174. The summed E-state index contributed by atoms with van der Waals surface area (Å²) >= 11 is 3.41. The second kappa shape index (κ2) is 7.47. The van der Waals surface area contributed by atoms with Crippen molar-refractivity contribution in [3.8, 4) is 5.75 Å². The third kappa shape index (κ3) is 3.10. The predicted molar refractivity (Wildman–Crippen MR) is 115 cm³/mol. The molecular weight excluding hydrogens is 466 g/mol. The van der Waals surface area contributed by atoms with Gasteiger partial charge in [0.25, 0.3) is 5.91 Å². The molecule has 0 radical (unpaired) electrons. The lowest BCUT2D eigenvalue weighted by atomic mass is 9.79. The number of hydrogen-bond donors (Lipinski definition) is 1. The third-order valence-electron chi connectivity index (χ3n) is 5.34. The van der Waals surface area contributed by atoms with E-state index in [2.05, 4.69) is 21.2 Å². The van der Waals surface area contributed by atoms with Crippen molar-refractivity contribution in [2.24, 2.45) is 0 Å². The topological polar surface area (TPSA) is 94.8 Å². The fourth-order valence-corrected chi connectivity index (χ4v) is 4.28.